The summed E-state index contributed by atoms with van der Waals surface area (Å²) in [5.41, 5.74) is 4.96. The van der Waals surface area contributed by atoms with Crippen LogP contribution in [0.4, 0.5) is 8.78 Å². The first-order chi connectivity index (χ1) is 19.1. The van der Waals surface area contributed by atoms with Gasteiger partial charge in [0.2, 0.25) is 11.8 Å². The molecule has 5 aliphatic rings. The van der Waals surface area contributed by atoms with Gasteiger partial charge in [-0.25, -0.2) is 10.9 Å². The van der Waals surface area contributed by atoms with Crippen molar-refractivity contribution in [3.05, 3.63) is 0 Å². The molecule has 0 bridgehead atoms. The van der Waals surface area contributed by atoms with Gasteiger partial charge in [0.25, 0.3) is 0 Å². The maximum absolute atomic E-state index is 13.6. The summed E-state index contributed by atoms with van der Waals surface area (Å²) >= 11 is 14.4. The number of hydrogen-bond acceptors (Lipinski definition) is 10. The molecule has 5 saturated heterocycles. The number of amides is 2. The Kier molecular flexibility index (Phi) is 10.3. The van der Waals surface area contributed by atoms with Crippen molar-refractivity contribution >= 4 is 46.8 Å². The van der Waals surface area contributed by atoms with Crippen LogP contribution >= 0.6 is 35.0 Å². The SMILES string of the molecule is COC1CNC(Cl)CC1C1CC(C)NCC1C(=O)NC1NC2CN(C(=O)C3NNC(OC(F)F)CC3Cl)CC2S1. The molecule has 0 aromatic rings. The standard InChI is InChI=1S/C24H39Cl2F2N7O4S/c1-10-3-11(12-4-18(26)30-7-16(12)38-2)13(6-29-10)21(36)32-24-31-15-8-35(9-17(15)40-24)22(37)20-14(25)5-19(33-34-20)39-23(27)28/h10-20,23-24,29-31,33-34H,3-9H2,1-2H3,(H,32,36). The third-order valence-corrected chi connectivity index (χ3v) is 10.9. The van der Waals surface area contributed by atoms with E-state index in [0.29, 0.717) is 32.2 Å². The second-order valence-electron chi connectivity index (χ2n) is 11.3. The number of ether oxygens (including phenoxy) is 2. The fourth-order valence-corrected chi connectivity index (χ4v) is 8.78. The molecule has 40 heavy (non-hydrogen) atoms. The van der Waals surface area contributed by atoms with Gasteiger partial charge in [0.15, 0.2) is 0 Å². The first kappa shape index (κ1) is 30.9. The molecule has 6 N–H and O–H groups in total. The average Bonchev–Trinajstić information content (AvgIpc) is 3.47. The number of nitrogens with one attached hydrogen (secondary N) is 6. The van der Waals surface area contributed by atoms with Crippen LogP contribution in [0.3, 0.4) is 0 Å². The Morgan fingerprint density at radius 3 is 2.58 bits per heavy atom. The zero-order valence-corrected chi connectivity index (χ0v) is 24.8. The lowest BCUT2D eigenvalue weighted by molar-refractivity contribution is -0.182. The van der Waals surface area contributed by atoms with E-state index in [1.807, 2.05) is 0 Å². The lowest BCUT2D eigenvalue weighted by Crippen LogP contribution is -2.63. The van der Waals surface area contributed by atoms with Crippen LogP contribution in [0.5, 0.6) is 0 Å². The average molecular weight is 631 g/mol. The van der Waals surface area contributed by atoms with Crippen LogP contribution < -0.4 is 32.1 Å². The Bertz CT molecular complexity index is 905. The number of thioether (sulfide) groups is 1. The number of methoxy groups -OCH3 is 1. The molecule has 0 aromatic carbocycles. The molecule has 11 nitrogen and oxygen atoms in total. The molecular weight excluding hydrogens is 591 g/mol. The number of halogens is 4. The maximum atomic E-state index is 13.6. The lowest BCUT2D eigenvalue weighted by atomic mass is 9.70. The number of hydrogen-bond donors (Lipinski definition) is 6. The van der Waals surface area contributed by atoms with Crippen molar-refractivity contribution in [2.45, 2.75) is 84.9 Å². The first-order valence-electron chi connectivity index (χ1n) is 13.9. The van der Waals surface area contributed by atoms with Gasteiger partial charge < -0.3 is 25.0 Å². The van der Waals surface area contributed by atoms with Crippen LogP contribution in [0.25, 0.3) is 0 Å². The van der Waals surface area contributed by atoms with Crippen LogP contribution in [-0.4, -0.2) is 109 Å². The normalized spacial score (nSPS) is 44.0. The number of likely N-dealkylation sites (tertiary alicyclic amines) is 1. The van der Waals surface area contributed by atoms with Crippen LogP contribution in [0.2, 0.25) is 0 Å². The molecule has 12 unspecified atom stereocenters. The van der Waals surface area contributed by atoms with E-state index in [2.05, 4.69) is 43.8 Å². The predicted molar refractivity (Wildman–Crippen MR) is 148 cm³/mol. The highest BCUT2D eigenvalue weighted by Gasteiger charge is 2.48. The van der Waals surface area contributed by atoms with Crippen molar-refractivity contribution < 1.29 is 27.8 Å². The van der Waals surface area contributed by atoms with E-state index in [1.165, 1.54) is 0 Å². The Morgan fingerprint density at radius 2 is 1.88 bits per heavy atom. The van der Waals surface area contributed by atoms with Gasteiger partial charge in [-0.1, -0.05) is 0 Å². The van der Waals surface area contributed by atoms with Gasteiger partial charge in [-0.3, -0.25) is 20.2 Å². The number of rotatable bonds is 7. The minimum Gasteiger partial charge on any atom is -0.380 e. The molecule has 0 radical (unpaired) electrons. The second-order valence-corrected chi connectivity index (χ2v) is 13.8. The van der Waals surface area contributed by atoms with Crippen LogP contribution in [0.15, 0.2) is 0 Å². The highest BCUT2D eigenvalue weighted by Crippen LogP contribution is 2.38. The number of carbonyl (C=O) groups excluding carboxylic acids is 2. The summed E-state index contributed by atoms with van der Waals surface area (Å²) in [6, 6.07) is -0.435. The molecule has 12 atom stereocenters. The third-order valence-electron chi connectivity index (χ3n) is 8.78. The summed E-state index contributed by atoms with van der Waals surface area (Å²) in [7, 11) is 1.71. The number of carbonyl (C=O) groups is 2. The van der Waals surface area contributed by atoms with Crippen LogP contribution in [0.1, 0.15) is 26.2 Å². The van der Waals surface area contributed by atoms with E-state index in [-0.39, 0.29) is 64.4 Å². The van der Waals surface area contributed by atoms with E-state index in [9.17, 15) is 18.4 Å². The largest absolute Gasteiger partial charge is 0.380 e. The Morgan fingerprint density at radius 1 is 1.07 bits per heavy atom. The number of hydrazine groups is 1. The summed E-state index contributed by atoms with van der Waals surface area (Å²) in [6.45, 7) is 1.45. The van der Waals surface area contributed by atoms with Crippen molar-refractivity contribution in [2.75, 3.05) is 33.3 Å². The van der Waals surface area contributed by atoms with Gasteiger partial charge in [0.1, 0.15) is 17.8 Å². The molecule has 0 aliphatic carbocycles. The third kappa shape index (κ3) is 6.98. The van der Waals surface area contributed by atoms with E-state index in [0.717, 1.165) is 12.8 Å². The molecule has 5 rings (SSSR count). The summed E-state index contributed by atoms with van der Waals surface area (Å²) in [5.74, 6) is -0.0646. The van der Waals surface area contributed by atoms with Gasteiger partial charge in [-0.05, 0) is 31.6 Å². The van der Waals surface area contributed by atoms with Crippen molar-refractivity contribution in [1.82, 2.24) is 37.0 Å². The van der Waals surface area contributed by atoms with Crippen molar-refractivity contribution in [3.63, 3.8) is 0 Å². The number of alkyl halides is 4. The fourth-order valence-electron chi connectivity index (χ4n) is 6.75. The number of fused-ring (bicyclic) bond motifs is 1. The number of piperidine rings is 2. The molecule has 228 valence electrons. The molecule has 5 heterocycles. The zero-order chi connectivity index (χ0) is 28.6. The van der Waals surface area contributed by atoms with Gasteiger partial charge in [0.05, 0.1) is 22.9 Å². The van der Waals surface area contributed by atoms with Gasteiger partial charge in [-0.15, -0.1) is 35.0 Å². The predicted octanol–water partition coefficient (Wildman–Crippen LogP) is 0.145. The van der Waals surface area contributed by atoms with Gasteiger partial charge in [-0.2, -0.15) is 8.78 Å². The van der Waals surface area contributed by atoms with Crippen LogP contribution in [0, 0.1) is 17.8 Å². The summed E-state index contributed by atoms with van der Waals surface area (Å²) in [6.07, 6.45) is 0.730. The fraction of sp³-hybridized carbons (Fsp3) is 0.917. The van der Waals surface area contributed by atoms with Crippen molar-refractivity contribution in [3.8, 4) is 0 Å². The minimum atomic E-state index is -2.93. The molecule has 5 fully saturated rings. The lowest BCUT2D eigenvalue weighted by Gasteiger charge is -2.45. The van der Waals surface area contributed by atoms with E-state index >= 15 is 0 Å². The molecule has 5 aliphatic heterocycles. The molecule has 0 spiro atoms. The summed E-state index contributed by atoms with van der Waals surface area (Å²) in [5, 5.41) is 12.8. The smallest absolute Gasteiger partial charge is 0.346 e. The second kappa shape index (κ2) is 13.4. The zero-order valence-electron chi connectivity index (χ0n) is 22.5. The van der Waals surface area contributed by atoms with Crippen LogP contribution in [-0.2, 0) is 19.1 Å². The maximum Gasteiger partial charge on any atom is 0.346 e. The molecule has 16 heteroatoms. The monoisotopic (exact) mass is 629 g/mol. The van der Waals surface area contributed by atoms with E-state index in [1.54, 1.807) is 23.8 Å². The Labute approximate surface area is 247 Å². The summed E-state index contributed by atoms with van der Waals surface area (Å²) < 4.78 is 35.2. The molecular formula is C24H39Cl2F2N7O4S. The molecule has 0 saturated carbocycles. The van der Waals surface area contributed by atoms with Crippen molar-refractivity contribution in [2.24, 2.45) is 17.8 Å². The Balaban J connectivity index is 1.13. The van der Waals surface area contributed by atoms with E-state index in [4.69, 9.17) is 27.9 Å². The first-order valence-corrected chi connectivity index (χ1v) is 15.7. The molecule has 2 amide bonds. The van der Waals surface area contributed by atoms with Gasteiger partial charge >= 0.3 is 6.61 Å². The molecule has 0 aromatic heterocycles. The topological polar surface area (TPSA) is 128 Å². The highest BCUT2D eigenvalue weighted by molar-refractivity contribution is 8.00. The summed E-state index contributed by atoms with van der Waals surface area (Å²) in [4.78, 5) is 28.4. The minimum absolute atomic E-state index is 0.00449. The van der Waals surface area contributed by atoms with Gasteiger partial charge in [0, 0.05) is 57.0 Å². The number of nitrogens with zero attached hydrogens (tertiary/aromatic N) is 1. The van der Waals surface area contributed by atoms with Crippen molar-refractivity contribution in [1.29, 1.82) is 0 Å². The quantitative estimate of drug-likeness (QED) is 0.171. The highest BCUT2D eigenvalue weighted by atomic mass is 35.5. The van der Waals surface area contributed by atoms with E-state index < -0.39 is 24.3 Å². The Hall–Kier alpha value is -0.550.